The minimum Gasteiger partial charge on any atom is -0.308 e. The van der Waals surface area contributed by atoms with Crippen molar-refractivity contribution in [3.05, 3.63) is 11.5 Å². The third-order valence-electron chi connectivity index (χ3n) is 1.62. The molecule has 0 saturated carbocycles. The van der Waals surface area contributed by atoms with Gasteiger partial charge >= 0.3 is 0 Å². The van der Waals surface area contributed by atoms with Gasteiger partial charge in [-0.15, -0.1) is 0 Å². The predicted octanol–water partition coefficient (Wildman–Crippen LogP) is 1.56. The summed E-state index contributed by atoms with van der Waals surface area (Å²) in [5, 5.41) is 5.05. The highest BCUT2D eigenvalue weighted by molar-refractivity contribution is 14.2. The Morgan fingerprint density at radius 3 is 3.00 bits per heavy atom. The van der Waals surface area contributed by atoms with E-state index >= 15 is 0 Å². The second kappa shape index (κ2) is 4.09. The summed E-state index contributed by atoms with van der Waals surface area (Å²) in [5.74, 6) is 5.79. The van der Waals surface area contributed by atoms with Gasteiger partial charge in [0.15, 0.2) is 11.5 Å². The van der Waals surface area contributed by atoms with Gasteiger partial charge < -0.3 is 5.43 Å². The van der Waals surface area contributed by atoms with Crippen LogP contribution in [0.3, 0.4) is 0 Å². The molecule has 0 radical (unpaired) electrons. The molecule has 74 valence electrons. The van der Waals surface area contributed by atoms with Gasteiger partial charge in [0.05, 0.1) is 18.0 Å². The Kier molecular flexibility index (Phi) is 3.01. The first-order valence-corrected chi connectivity index (χ1v) is 7.94. The van der Waals surface area contributed by atoms with Gasteiger partial charge in [0, 0.05) is 0 Å². The number of nitrogens with one attached hydrogen (secondary N) is 1. The van der Waals surface area contributed by atoms with E-state index in [-0.39, 0.29) is 5.28 Å². The van der Waals surface area contributed by atoms with Crippen LogP contribution in [0.5, 0.6) is 0 Å². The summed E-state index contributed by atoms with van der Waals surface area (Å²) in [4.78, 5) is 8.01. The highest BCUT2D eigenvalue weighted by Gasteiger charge is 2.10. The zero-order chi connectivity index (χ0) is 10.1. The van der Waals surface area contributed by atoms with E-state index < -0.39 is 0 Å². The van der Waals surface area contributed by atoms with Gasteiger partial charge in [-0.25, -0.2) is 10.3 Å². The fraction of sp³-hybridized carbons (Fsp3) is 0. The summed E-state index contributed by atoms with van der Waals surface area (Å²) in [6.07, 6.45) is 2.12. The second-order valence-electron chi connectivity index (χ2n) is 2.36. The molecule has 0 saturated heterocycles. The van der Waals surface area contributed by atoms with E-state index in [9.17, 15) is 0 Å². The monoisotopic (exact) mass is 342 g/mol. The van der Waals surface area contributed by atoms with E-state index in [0.29, 0.717) is 17.8 Å². The first kappa shape index (κ1) is 10.3. The SMILES string of the molecule is NNc1nc(Cl)nc2c1cnn2PI. The van der Waals surface area contributed by atoms with Gasteiger partial charge in [0.25, 0.3) is 0 Å². The Morgan fingerprint density at radius 2 is 2.36 bits per heavy atom. The summed E-state index contributed by atoms with van der Waals surface area (Å²) >= 11 is 7.94. The molecule has 0 aliphatic heterocycles. The molecular formula is C5H5ClIN6P. The summed E-state index contributed by atoms with van der Waals surface area (Å²) in [7, 11) is 0. The molecule has 14 heavy (non-hydrogen) atoms. The highest BCUT2D eigenvalue weighted by Crippen LogP contribution is 2.29. The fourth-order valence-electron chi connectivity index (χ4n) is 1.05. The van der Waals surface area contributed by atoms with Crippen molar-refractivity contribution in [1.82, 2.24) is 19.5 Å². The van der Waals surface area contributed by atoms with Crippen LogP contribution in [0, 0.1) is 0 Å². The van der Waals surface area contributed by atoms with Crippen molar-refractivity contribution in [3.8, 4) is 0 Å². The number of nitrogen functional groups attached to an aromatic ring is 1. The number of nitrogens with two attached hydrogens (primary N) is 1. The molecule has 2 rings (SSSR count). The van der Waals surface area contributed by atoms with E-state index in [1.807, 2.05) is 0 Å². The number of nitrogens with zero attached hydrogens (tertiary/aromatic N) is 4. The Labute approximate surface area is 98.9 Å². The van der Waals surface area contributed by atoms with Crippen LogP contribution in [0.2, 0.25) is 5.28 Å². The van der Waals surface area contributed by atoms with E-state index in [1.54, 1.807) is 10.6 Å². The van der Waals surface area contributed by atoms with Crippen LogP contribution in [-0.4, -0.2) is 19.5 Å². The third kappa shape index (κ3) is 1.65. The van der Waals surface area contributed by atoms with Gasteiger partial charge in [-0.3, -0.25) is 0 Å². The van der Waals surface area contributed by atoms with Crippen LogP contribution in [0.15, 0.2) is 6.20 Å². The largest absolute Gasteiger partial charge is 0.308 e. The number of rotatable bonds is 2. The molecule has 0 fully saturated rings. The van der Waals surface area contributed by atoms with Crippen molar-refractivity contribution in [2.75, 3.05) is 5.43 Å². The highest BCUT2D eigenvalue weighted by atomic mass is 127. The molecule has 0 amide bonds. The molecule has 9 heteroatoms. The van der Waals surface area contributed by atoms with Gasteiger partial charge in [0.2, 0.25) is 5.28 Å². The standard InChI is InChI=1S/C5H5ClIN6P/c6-5-10-3(12-8)2-1-9-13(14-7)4(2)11-5/h1,14H,8H2,(H,10,11,12). The van der Waals surface area contributed by atoms with Crippen molar-refractivity contribution < 1.29 is 0 Å². The lowest BCUT2D eigenvalue weighted by atomic mass is 10.4. The molecule has 6 nitrogen and oxygen atoms in total. The summed E-state index contributed by atoms with van der Waals surface area (Å²) in [5.41, 5.74) is 3.15. The zero-order valence-electron chi connectivity index (χ0n) is 6.70. The molecular weight excluding hydrogens is 337 g/mol. The molecule has 0 bridgehead atoms. The zero-order valence-corrected chi connectivity index (χ0v) is 10.6. The van der Waals surface area contributed by atoms with Gasteiger partial charge in [-0.05, 0) is 33.6 Å². The topological polar surface area (TPSA) is 81.7 Å². The van der Waals surface area contributed by atoms with Crippen LogP contribution >= 0.6 is 40.0 Å². The molecule has 2 aromatic rings. The van der Waals surface area contributed by atoms with E-state index in [2.05, 4.69) is 42.5 Å². The van der Waals surface area contributed by atoms with E-state index in [4.69, 9.17) is 17.4 Å². The maximum Gasteiger partial charge on any atom is 0.226 e. The van der Waals surface area contributed by atoms with Crippen LogP contribution in [-0.2, 0) is 0 Å². The van der Waals surface area contributed by atoms with Crippen LogP contribution < -0.4 is 11.3 Å². The lowest BCUT2D eigenvalue weighted by Crippen LogP contribution is -2.09. The van der Waals surface area contributed by atoms with E-state index in [1.165, 1.54) is 0 Å². The minimum absolute atomic E-state index is 0.154. The van der Waals surface area contributed by atoms with E-state index in [0.717, 1.165) is 5.39 Å². The Bertz CT molecular complexity index is 472. The first-order chi connectivity index (χ1) is 6.76. The fourth-order valence-corrected chi connectivity index (χ4v) is 2.63. The molecule has 2 heterocycles. The number of anilines is 1. The smallest absolute Gasteiger partial charge is 0.226 e. The van der Waals surface area contributed by atoms with Gasteiger partial charge in [-0.1, -0.05) is 0 Å². The van der Waals surface area contributed by atoms with Gasteiger partial charge in [0.1, 0.15) is 0 Å². The van der Waals surface area contributed by atoms with Crippen LogP contribution in [0.25, 0.3) is 11.0 Å². The summed E-state index contributed by atoms with van der Waals surface area (Å²) in [6, 6.07) is 0. The quantitative estimate of drug-likeness (QED) is 0.285. The minimum atomic E-state index is 0.154. The maximum atomic E-state index is 5.73. The number of fused-ring (bicyclic) bond motifs is 1. The molecule has 1 unspecified atom stereocenters. The van der Waals surface area contributed by atoms with Crippen LogP contribution in [0.4, 0.5) is 5.82 Å². The normalized spacial score (nSPS) is 11.6. The average molecular weight is 342 g/mol. The van der Waals surface area contributed by atoms with Crippen molar-refractivity contribution in [2.24, 2.45) is 5.84 Å². The van der Waals surface area contributed by atoms with Crippen molar-refractivity contribution in [1.29, 1.82) is 0 Å². The Morgan fingerprint density at radius 1 is 1.57 bits per heavy atom. The number of hydrogen-bond donors (Lipinski definition) is 2. The molecule has 3 N–H and O–H groups in total. The summed E-state index contributed by atoms with van der Waals surface area (Å²) < 4.78 is 1.74. The number of aromatic nitrogens is 4. The first-order valence-electron chi connectivity index (χ1n) is 3.51. The lowest BCUT2D eigenvalue weighted by molar-refractivity contribution is 1.02. The molecule has 0 aromatic carbocycles. The lowest BCUT2D eigenvalue weighted by Gasteiger charge is -2.01. The molecule has 0 aliphatic carbocycles. The molecule has 0 aliphatic rings. The third-order valence-corrected chi connectivity index (χ3v) is 3.65. The number of hydrogen-bond acceptors (Lipinski definition) is 5. The molecule has 1 atom stereocenters. The Balaban J connectivity index is 2.76. The second-order valence-corrected chi connectivity index (χ2v) is 4.74. The average Bonchev–Trinajstić information content (AvgIpc) is 2.59. The number of halogens is 2. The predicted molar refractivity (Wildman–Crippen MR) is 65.9 cm³/mol. The van der Waals surface area contributed by atoms with Crippen molar-refractivity contribution in [2.45, 2.75) is 0 Å². The van der Waals surface area contributed by atoms with Crippen LogP contribution in [0.1, 0.15) is 0 Å². The van der Waals surface area contributed by atoms with Gasteiger partial charge in [-0.2, -0.15) is 15.1 Å². The van der Waals surface area contributed by atoms with Crippen molar-refractivity contribution in [3.63, 3.8) is 0 Å². The Hall–Kier alpha value is -0.240. The number of hydrazine groups is 1. The summed E-state index contributed by atoms with van der Waals surface area (Å²) in [6.45, 7) is 0. The molecule has 0 spiro atoms. The maximum absolute atomic E-state index is 5.73. The molecule has 2 aromatic heterocycles. The van der Waals surface area contributed by atoms with Crippen molar-refractivity contribution >= 4 is 56.9 Å².